The average molecular weight is 783 g/mol. The predicted molar refractivity (Wildman–Crippen MR) is 199 cm³/mol. The maximum absolute atomic E-state index is 14.7. The first-order chi connectivity index (χ1) is 25.3. The lowest BCUT2D eigenvalue weighted by Crippen LogP contribution is -2.60. The van der Waals surface area contributed by atoms with Crippen molar-refractivity contribution in [3.05, 3.63) is 12.7 Å². The monoisotopic (exact) mass is 782 g/mol. The Labute approximate surface area is 323 Å². The highest BCUT2D eigenvalue weighted by Crippen LogP contribution is 2.49. The Morgan fingerprint density at radius 2 is 1.80 bits per heavy atom. The number of likely N-dealkylation sites (N-methyl/N-ethyl adjacent to an activating group) is 1. The third kappa shape index (κ3) is 9.31. The largest absolute Gasteiger partial charge is 0.458 e. The first-order valence-corrected chi connectivity index (χ1v) is 20.1. The SMILES string of the molecule is CC[C@H]1OC(=O)[C@H](C)[C@@H](O)[C@H](C)[C@@H](O[C@@H]2O[C@H](C)C[C@H](N(C)C)[C@H]2OC(C)=O)[C@](C)(OC)C[C@@H](C)C(=O)[C@H](C)[C@H]2[C@H](SCCn3cncn3)C(=O)O[C@@]21C. The molecule has 54 heavy (non-hydrogen) atoms. The van der Waals surface area contributed by atoms with E-state index < -0.39 is 94.7 Å². The van der Waals surface area contributed by atoms with Crippen molar-refractivity contribution in [2.75, 3.05) is 27.0 Å². The number of aromatic nitrogens is 3. The number of esters is 3. The molecule has 15 nitrogen and oxygen atoms in total. The van der Waals surface area contributed by atoms with E-state index in [0.29, 0.717) is 25.1 Å². The van der Waals surface area contributed by atoms with Gasteiger partial charge < -0.3 is 38.4 Å². The van der Waals surface area contributed by atoms with Gasteiger partial charge in [0.2, 0.25) is 0 Å². The van der Waals surface area contributed by atoms with Crippen LogP contribution < -0.4 is 0 Å². The molecule has 306 valence electrons. The van der Waals surface area contributed by atoms with Crippen LogP contribution in [0.4, 0.5) is 0 Å². The van der Waals surface area contributed by atoms with Crippen molar-refractivity contribution in [2.24, 2.45) is 29.6 Å². The molecule has 4 heterocycles. The van der Waals surface area contributed by atoms with Crippen LogP contribution in [0.2, 0.25) is 0 Å². The summed E-state index contributed by atoms with van der Waals surface area (Å²) < 4.78 is 39.2. The highest BCUT2D eigenvalue weighted by atomic mass is 32.2. The molecule has 4 rings (SSSR count). The number of aliphatic hydroxyl groups excluding tert-OH is 1. The molecule has 3 saturated heterocycles. The maximum atomic E-state index is 14.7. The molecule has 0 aromatic carbocycles. The molecule has 1 N–H and O–H groups in total. The Bertz CT molecular complexity index is 1450. The van der Waals surface area contributed by atoms with E-state index in [-0.39, 0.29) is 24.3 Å². The van der Waals surface area contributed by atoms with Gasteiger partial charge in [0.25, 0.3) is 0 Å². The van der Waals surface area contributed by atoms with Crippen molar-refractivity contribution in [3.8, 4) is 0 Å². The zero-order valence-electron chi connectivity index (χ0n) is 33.9. The summed E-state index contributed by atoms with van der Waals surface area (Å²) >= 11 is 1.38. The van der Waals surface area contributed by atoms with Crippen LogP contribution in [0.15, 0.2) is 12.7 Å². The van der Waals surface area contributed by atoms with Crippen LogP contribution in [0.25, 0.3) is 0 Å². The lowest BCUT2D eigenvalue weighted by atomic mass is 9.70. The molecule has 0 radical (unpaired) electrons. The zero-order chi connectivity index (χ0) is 40.3. The Balaban J connectivity index is 1.77. The van der Waals surface area contributed by atoms with Crippen LogP contribution >= 0.6 is 11.8 Å². The van der Waals surface area contributed by atoms with E-state index in [9.17, 15) is 24.3 Å². The summed E-state index contributed by atoms with van der Waals surface area (Å²) in [5, 5.41) is 15.4. The topological polar surface area (TPSA) is 178 Å². The molecule has 15 atom stereocenters. The van der Waals surface area contributed by atoms with Crippen molar-refractivity contribution >= 4 is 35.5 Å². The molecule has 0 bridgehead atoms. The van der Waals surface area contributed by atoms with Crippen LogP contribution in [0.3, 0.4) is 0 Å². The fraction of sp³-hybridized carbons (Fsp3) is 0.842. The van der Waals surface area contributed by atoms with Crippen LogP contribution in [-0.2, 0) is 54.1 Å². The number of hydrogen-bond donors (Lipinski definition) is 1. The molecule has 3 aliphatic rings. The summed E-state index contributed by atoms with van der Waals surface area (Å²) in [6.07, 6.45) is -1.27. The third-order valence-electron chi connectivity index (χ3n) is 11.9. The van der Waals surface area contributed by atoms with E-state index in [1.165, 1.54) is 32.1 Å². The van der Waals surface area contributed by atoms with Crippen molar-refractivity contribution < 1.29 is 52.7 Å². The number of aliphatic hydroxyl groups is 1. The highest BCUT2D eigenvalue weighted by molar-refractivity contribution is 8.00. The second-order valence-electron chi connectivity index (χ2n) is 16.1. The molecule has 1 aromatic rings. The fourth-order valence-corrected chi connectivity index (χ4v) is 10.3. The Hall–Kier alpha value is -2.63. The molecule has 1 aromatic heterocycles. The van der Waals surface area contributed by atoms with Crippen molar-refractivity contribution in [1.29, 1.82) is 0 Å². The van der Waals surface area contributed by atoms with Gasteiger partial charge in [0, 0.05) is 43.5 Å². The fourth-order valence-electron chi connectivity index (χ4n) is 8.83. The standard InChI is InChI=1S/C38H62N4O11S/c1-13-27-38(9)28(32(35(47)53-38)54-15-14-42-19-39-18-40-42)22(4)29(44)20(2)17-37(8,48-12)33(23(5)30(45)24(6)34(46)51-27)52-36-31(50-25(7)43)26(41(10)11)16-21(3)49-36/h18-24,26-28,30-33,36,45H,13-17H2,1-12H3/t20-,21-,22-,23+,24-,26+,27-,28+,30+,31-,32+,33-,36+,37-,38-/m1/s1. The minimum Gasteiger partial charge on any atom is -0.458 e. The molecule has 0 amide bonds. The van der Waals surface area contributed by atoms with Gasteiger partial charge in [-0.05, 0) is 61.1 Å². The second kappa shape index (κ2) is 18.1. The Morgan fingerprint density at radius 1 is 1.11 bits per heavy atom. The van der Waals surface area contributed by atoms with Gasteiger partial charge in [-0.3, -0.25) is 23.9 Å². The molecule has 3 fully saturated rings. The number of methoxy groups -OCH3 is 1. The molecular weight excluding hydrogens is 721 g/mol. The number of ketones is 1. The quantitative estimate of drug-likeness (QED) is 0.270. The number of nitrogens with zero attached hydrogens (tertiary/aromatic N) is 4. The van der Waals surface area contributed by atoms with E-state index in [1.807, 2.05) is 53.6 Å². The molecular formula is C38H62N4O11S. The van der Waals surface area contributed by atoms with Crippen LogP contribution in [-0.4, -0.2) is 135 Å². The van der Waals surface area contributed by atoms with Gasteiger partial charge in [0.05, 0.1) is 42.4 Å². The normalized spacial score (nSPS) is 41.1. The van der Waals surface area contributed by atoms with E-state index in [0.717, 1.165) is 0 Å². The number of Topliss-reactive ketones (excluding diaryl/α,β-unsaturated/α-hetero) is 1. The minimum absolute atomic E-state index is 0.124. The summed E-state index contributed by atoms with van der Waals surface area (Å²) in [5.41, 5.74) is -2.56. The number of carbonyl (C=O) groups is 4. The van der Waals surface area contributed by atoms with Gasteiger partial charge in [0.1, 0.15) is 29.8 Å². The first-order valence-electron chi connectivity index (χ1n) is 19.1. The molecule has 0 unspecified atom stereocenters. The number of aryl methyl sites for hydroxylation is 1. The molecule has 0 aliphatic carbocycles. The van der Waals surface area contributed by atoms with Gasteiger partial charge in [-0.15, -0.1) is 11.8 Å². The molecule has 3 aliphatic heterocycles. The lowest BCUT2D eigenvalue weighted by molar-refractivity contribution is -0.303. The first kappa shape index (κ1) is 44.1. The Morgan fingerprint density at radius 3 is 2.37 bits per heavy atom. The lowest BCUT2D eigenvalue weighted by Gasteiger charge is -2.48. The zero-order valence-corrected chi connectivity index (χ0v) is 34.7. The molecule has 0 saturated carbocycles. The van der Waals surface area contributed by atoms with E-state index in [1.54, 1.807) is 31.8 Å². The minimum atomic E-state index is -1.33. The number of fused-ring (bicyclic) bond motifs is 1. The van der Waals surface area contributed by atoms with E-state index in [2.05, 4.69) is 10.1 Å². The summed E-state index contributed by atoms with van der Waals surface area (Å²) in [7, 11) is 5.30. The van der Waals surface area contributed by atoms with Crippen LogP contribution in [0, 0.1) is 29.6 Å². The van der Waals surface area contributed by atoms with Crippen LogP contribution in [0.5, 0.6) is 0 Å². The number of cyclic esters (lactones) is 1. The predicted octanol–water partition coefficient (Wildman–Crippen LogP) is 3.30. The third-order valence-corrected chi connectivity index (χ3v) is 13.1. The van der Waals surface area contributed by atoms with Crippen molar-refractivity contribution in [1.82, 2.24) is 19.7 Å². The smallest absolute Gasteiger partial charge is 0.320 e. The Kier molecular flexibility index (Phi) is 14.8. The summed E-state index contributed by atoms with van der Waals surface area (Å²) in [5.74, 6) is -5.10. The van der Waals surface area contributed by atoms with Gasteiger partial charge in [-0.2, -0.15) is 5.10 Å². The highest BCUT2D eigenvalue weighted by Gasteiger charge is 2.61. The summed E-state index contributed by atoms with van der Waals surface area (Å²) in [4.78, 5) is 60.7. The number of thioether (sulfide) groups is 1. The van der Waals surface area contributed by atoms with Gasteiger partial charge in [0.15, 0.2) is 18.0 Å². The summed E-state index contributed by atoms with van der Waals surface area (Å²) in [6.45, 7) is 16.1. The molecule has 0 spiro atoms. The summed E-state index contributed by atoms with van der Waals surface area (Å²) in [6, 6.07) is -0.246. The number of ether oxygens (including phenoxy) is 6. The van der Waals surface area contributed by atoms with Gasteiger partial charge >= 0.3 is 17.9 Å². The number of carbonyl (C=O) groups excluding carboxylic acids is 4. The maximum Gasteiger partial charge on any atom is 0.320 e. The van der Waals surface area contributed by atoms with Crippen LogP contribution in [0.1, 0.15) is 81.6 Å². The second-order valence-corrected chi connectivity index (χ2v) is 17.3. The van der Waals surface area contributed by atoms with Crippen molar-refractivity contribution in [2.45, 2.75) is 147 Å². The van der Waals surface area contributed by atoms with E-state index >= 15 is 0 Å². The average Bonchev–Trinajstić information content (AvgIpc) is 3.73. The van der Waals surface area contributed by atoms with E-state index in [4.69, 9.17) is 28.4 Å². The van der Waals surface area contributed by atoms with Gasteiger partial charge in [-0.1, -0.05) is 27.7 Å². The number of hydrogen-bond acceptors (Lipinski definition) is 15. The van der Waals surface area contributed by atoms with Crippen molar-refractivity contribution in [3.63, 3.8) is 0 Å². The molecule has 16 heteroatoms. The number of rotatable bonds is 10. The van der Waals surface area contributed by atoms with Gasteiger partial charge in [-0.25, -0.2) is 4.98 Å².